The van der Waals surface area contributed by atoms with Crippen LogP contribution in [0.1, 0.15) is 33.2 Å². The van der Waals surface area contributed by atoms with Gasteiger partial charge in [-0.3, -0.25) is 0 Å². The summed E-state index contributed by atoms with van der Waals surface area (Å²) >= 11 is 2.70. The Hall–Kier alpha value is -2.44. The zero-order valence-corrected chi connectivity index (χ0v) is 14.5. The number of hydrogen-bond donors (Lipinski definition) is 0. The molecule has 0 N–H and O–H groups in total. The molecule has 3 rings (SSSR count). The van der Waals surface area contributed by atoms with Gasteiger partial charge in [-0.2, -0.15) is 0 Å². The third kappa shape index (κ3) is 3.72. The van der Waals surface area contributed by atoms with Crippen LogP contribution in [0.2, 0.25) is 0 Å². The van der Waals surface area contributed by atoms with Gasteiger partial charge in [0.2, 0.25) is 0 Å². The van der Waals surface area contributed by atoms with Gasteiger partial charge in [0.1, 0.15) is 0 Å². The van der Waals surface area contributed by atoms with Gasteiger partial charge in [-0.25, -0.2) is 9.59 Å². The van der Waals surface area contributed by atoms with E-state index >= 15 is 0 Å². The highest BCUT2D eigenvalue weighted by Crippen LogP contribution is 2.23. The summed E-state index contributed by atoms with van der Waals surface area (Å²) in [6.45, 7) is 1.92. The number of hydrogen-bond acceptors (Lipinski definition) is 6. The maximum absolute atomic E-state index is 12.3. The summed E-state index contributed by atoms with van der Waals surface area (Å²) in [6.07, 6.45) is 0.606. The molecule has 122 valence electrons. The van der Waals surface area contributed by atoms with Crippen molar-refractivity contribution in [1.29, 1.82) is 0 Å². The molecule has 0 fully saturated rings. The van der Waals surface area contributed by atoms with E-state index in [-0.39, 0.29) is 0 Å². The maximum atomic E-state index is 12.3. The van der Waals surface area contributed by atoms with Crippen molar-refractivity contribution in [2.24, 2.45) is 0 Å². The lowest BCUT2D eigenvalue weighted by molar-refractivity contribution is 0.0725. The van der Waals surface area contributed by atoms with Crippen molar-refractivity contribution < 1.29 is 19.1 Å². The Labute approximate surface area is 147 Å². The number of thiophene rings is 2. The van der Waals surface area contributed by atoms with Gasteiger partial charge in [-0.05, 0) is 65.2 Å². The molecular weight excluding hydrogens is 344 g/mol. The summed E-state index contributed by atoms with van der Waals surface area (Å²) in [5, 5.41) is 4.76. The molecule has 0 saturated carbocycles. The van der Waals surface area contributed by atoms with Crippen LogP contribution in [0.5, 0.6) is 10.1 Å². The van der Waals surface area contributed by atoms with Crippen LogP contribution in [-0.4, -0.2) is 11.9 Å². The van der Waals surface area contributed by atoms with Gasteiger partial charge in [-0.15, -0.1) is 22.7 Å². The first-order valence-corrected chi connectivity index (χ1v) is 9.07. The number of aryl methyl sites for hydroxylation is 1. The highest BCUT2D eigenvalue weighted by Gasteiger charge is 2.17. The summed E-state index contributed by atoms with van der Waals surface area (Å²) in [5.41, 5.74) is 1.61. The standard InChI is InChI=1S/C18H14O4S2/c1-2-12-11-13(17(19)21-15-5-3-9-23-15)7-8-14(12)18(20)22-16-6-4-10-24-16/h3-11H,2H2,1H3. The minimum Gasteiger partial charge on any atom is -0.412 e. The third-order valence-electron chi connectivity index (χ3n) is 3.32. The summed E-state index contributed by atoms with van der Waals surface area (Å²) < 4.78 is 10.6. The quantitative estimate of drug-likeness (QED) is 0.614. The molecule has 0 aliphatic heterocycles. The third-order valence-corrected chi connectivity index (χ3v) is 4.81. The van der Waals surface area contributed by atoms with Crippen LogP contribution in [0.4, 0.5) is 0 Å². The zero-order valence-electron chi connectivity index (χ0n) is 12.9. The average molecular weight is 358 g/mol. The Morgan fingerprint density at radius 3 is 2.08 bits per heavy atom. The van der Waals surface area contributed by atoms with Crippen LogP contribution in [-0.2, 0) is 6.42 Å². The Balaban J connectivity index is 1.79. The van der Waals surface area contributed by atoms with Crippen molar-refractivity contribution in [1.82, 2.24) is 0 Å². The molecule has 0 bridgehead atoms. The lowest BCUT2D eigenvalue weighted by Crippen LogP contribution is -2.13. The van der Waals surface area contributed by atoms with Crippen molar-refractivity contribution in [3.05, 3.63) is 69.9 Å². The van der Waals surface area contributed by atoms with E-state index < -0.39 is 11.9 Å². The zero-order chi connectivity index (χ0) is 16.9. The van der Waals surface area contributed by atoms with Crippen molar-refractivity contribution in [3.8, 4) is 10.1 Å². The van der Waals surface area contributed by atoms with Crippen LogP contribution >= 0.6 is 22.7 Å². The van der Waals surface area contributed by atoms with Crippen LogP contribution in [0.25, 0.3) is 0 Å². The number of carbonyl (C=O) groups excluding carboxylic acids is 2. The van der Waals surface area contributed by atoms with Crippen LogP contribution in [0.3, 0.4) is 0 Å². The summed E-state index contributed by atoms with van der Waals surface area (Å²) in [7, 11) is 0. The molecule has 24 heavy (non-hydrogen) atoms. The fraction of sp³-hybridized carbons (Fsp3) is 0.111. The van der Waals surface area contributed by atoms with Crippen molar-refractivity contribution in [2.75, 3.05) is 0 Å². The number of esters is 2. The molecule has 0 atom stereocenters. The Morgan fingerprint density at radius 1 is 0.917 bits per heavy atom. The average Bonchev–Trinajstić information content (AvgIpc) is 3.28. The van der Waals surface area contributed by atoms with Crippen LogP contribution < -0.4 is 9.47 Å². The minimum atomic E-state index is -0.440. The predicted octanol–water partition coefficient (Wildman–Crippen LogP) is 4.81. The normalized spacial score (nSPS) is 10.4. The lowest BCUT2D eigenvalue weighted by atomic mass is 10.0. The largest absolute Gasteiger partial charge is 0.412 e. The first-order chi connectivity index (χ1) is 11.7. The molecule has 6 heteroatoms. The first-order valence-electron chi connectivity index (χ1n) is 7.31. The second-order valence-corrected chi connectivity index (χ2v) is 6.69. The van der Waals surface area contributed by atoms with E-state index in [0.29, 0.717) is 27.7 Å². The van der Waals surface area contributed by atoms with Crippen molar-refractivity contribution in [3.63, 3.8) is 0 Å². The van der Waals surface area contributed by atoms with Crippen LogP contribution in [0.15, 0.2) is 53.2 Å². The van der Waals surface area contributed by atoms with Gasteiger partial charge < -0.3 is 9.47 Å². The molecule has 0 radical (unpaired) electrons. The topological polar surface area (TPSA) is 52.6 Å². The minimum absolute atomic E-state index is 0.410. The van der Waals surface area contributed by atoms with Gasteiger partial charge in [0.05, 0.1) is 11.1 Å². The molecule has 1 aromatic carbocycles. The monoisotopic (exact) mass is 358 g/mol. The molecule has 3 aromatic rings. The molecule has 2 aromatic heterocycles. The van der Waals surface area contributed by atoms with Gasteiger partial charge in [0.15, 0.2) is 10.1 Å². The Morgan fingerprint density at radius 2 is 1.54 bits per heavy atom. The molecule has 0 saturated heterocycles. The second-order valence-electron chi connectivity index (χ2n) is 4.87. The van der Waals surface area contributed by atoms with Crippen molar-refractivity contribution in [2.45, 2.75) is 13.3 Å². The number of ether oxygens (including phenoxy) is 2. The summed E-state index contributed by atoms with van der Waals surface area (Å²) in [4.78, 5) is 24.5. The number of benzene rings is 1. The van der Waals surface area contributed by atoms with E-state index in [2.05, 4.69) is 0 Å². The fourth-order valence-corrected chi connectivity index (χ4v) is 3.30. The molecule has 0 unspecified atom stereocenters. The van der Waals surface area contributed by atoms with Gasteiger partial charge in [0, 0.05) is 0 Å². The smallest absolute Gasteiger partial charge is 0.344 e. The molecule has 0 aliphatic carbocycles. The van der Waals surface area contributed by atoms with Crippen LogP contribution in [0, 0.1) is 0 Å². The lowest BCUT2D eigenvalue weighted by Gasteiger charge is -2.09. The molecule has 0 amide bonds. The van der Waals surface area contributed by atoms with E-state index in [9.17, 15) is 9.59 Å². The molecule has 0 aliphatic rings. The SMILES string of the molecule is CCc1cc(C(=O)Oc2cccs2)ccc1C(=O)Oc1cccs1. The highest BCUT2D eigenvalue weighted by atomic mass is 32.1. The molecular formula is C18H14O4S2. The Bertz CT molecular complexity index is 836. The first kappa shape index (κ1) is 16.4. The predicted molar refractivity (Wildman–Crippen MR) is 94.4 cm³/mol. The molecule has 0 spiro atoms. The Kier molecular flexibility index (Phi) is 5.08. The second kappa shape index (κ2) is 7.42. The van der Waals surface area contributed by atoms with Gasteiger partial charge >= 0.3 is 11.9 Å². The van der Waals surface area contributed by atoms with E-state index in [1.54, 1.807) is 30.3 Å². The highest BCUT2D eigenvalue weighted by molar-refractivity contribution is 7.12. The number of rotatable bonds is 5. The molecule has 2 heterocycles. The van der Waals surface area contributed by atoms with E-state index in [1.165, 1.54) is 22.7 Å². The summed E-state index contributed by atoms with van der Waals surface area (Å²) in [5.74, 6) is -0.863. The van der Waals surface area contributed by atoms with E-state index in [1.807, 2.05) is 29.8 Å². The number of carbonyl (C=O) groups is 2. The van der Waals surface area contributed by atoms with E-state index in [0.717, 1.165) is 5.56 Å². The maximum Gasteiger partial charge on any atom is 0.344 e. The fourth-order valence-electron chi connectivity index (χ4n) is 2.15. The summed E-state index contributed by atoms with van der Waals surface area (Å²) in [6, 6.07) is 12.0. The van der Waals surface area contributed by atoms with Crippen molar-refractivity contribution >= 4 is 34.6 Å². The van der Waals surface area contributed by atoms with Gasteiger partial charge in [-0.1, -0.05) is 6.92 Å². The molecule has 4 nitrogen and oxygen atoms in total. The van der Waals surface area contributed by atoms with Gasteiger partial charge in [0.25, 0.3) is 0 Å². The van der Waals surface area contributed by atoms with E-state index in [4.69, 9.17) is 9.47 Å².